The maximum absolute atomic E-state index is 11.8. The van der Waals surface area contributed by atoms with Crippen LogP contribution < -0.4 is 5.32 Å². The minimum absolute atomic E-state index is 0.180. The minimum Gasteiger partial charge on any atom is -0.300 e. The topological polar surface area (TPSA) is 84.8 Å². The maximum atomic E-state index is 11.8. The maximum Gasteiger partial charge on any atom is 0.227 e. The molecule has 1 N–H and O–H groups in total. The molecule has 2 unspecified atom stereocenters. The number of nitrogens with one attached hydrogen (secondary N) is 1. The molecule has 1 amide bonds. The van der Waals surface area contributed by atoms with Gasteiger partial charge in [0.15, 0.2) is 5.01 Å². The molecule has 6 nitrogen and oxygen atoms in total. The van der Waals surface area contributed by atoms with Crippen molar-refractivity contribution in [3.8, 4) is 10.6 Å². The molecule has 0 spiro atoms. The summed E-state index contributed by atoms with van der Waals surface area (Å²) < 4.78 is 11.2. The average molecular weight is 310 g/mol. The zero-order chi connectivity index (χ0) is 14.5. The van der Waals surface area contributed by atoms with Gasteiger partial charge in [0.2, 0.25) is 11.0 Å². The lowest BCUT2D eigenvalue weighted by Crippen LogP contribution is -2.20. The lowest BCUT2D eigenvalue weighted by Gasteiger charge is -2.06. The lowest BCUT2D eigenvalue weighted by molar-refractivity contribution is -0.116. The third-order valence-corrected chi connectivity index (χ3v) is 4.81. The monoisotopic (exact) mass is 310 g/mol. The fraction of sp³-hybridized carbons (Fsp3) is 0.333. The van der Waals surface area contributed by atoms with Gasteiger partial charge in [0.1, 0.15) is 0 Å². The van der Waals surface area contributed by atoms with Crippen LogP contribution in [0.15, 0.2) is 24.5 Å². The van der Waals surface area contributed by atoms with E-state index in [-0.39, 0.29) is 17.6 Å². The quantitative estimate of drug-likeness (QED) is 0.908. The highest BCUT2D eigenvalue weighted by molar-refractivity contribution is 7.84. The molecule has 0 aliphatic rings. The fourth-order valence-electron chi connectivity index (χ4n) is 1.43. The number of carbonyl (C=O) groups is 1. The Morgan fingerprint density at radius 3 is 2.95 bits per heavy atom. The molecule has 2 rings (SSSR count). The standard InChI is InChI=1S/C12H14N4O2S2/c1-8(20(2)18)6-10(17)14-12-16-15-11(19-12)9-4-3-5-13-7-9/h3-5,7-8H,6H2,1-2H3,(H,14,16,17). The SMILES string of the molecule is CC(CC(=O)Nc1nnc(-c2cccnc2)s1)S(C)=O. The zero-order valence-corrected chi connectivity index (χ0v) is 12.7. The molecule has 2 atom stereocenters. The van der Waals surface area contributed by atoms with E-state index >= 15 is 0 Å². The smallest absolute Gasteiger partial charge is 0.227 e. The van der Waals surface area contributed by atoms with Crippen molar-refractivity contribution in [2.75, 3.05) is 11.6 Å². The van der Waals surface area contributed by atoms with Crippen LogP contribution in [0, 0.1) is 0 Å². The molecule has 20 heavy (non-hydrogen) atoms. The summed E-state index contributed by atoms with van der Waals surface area (Å²) in [6, 6.07) is 3.69. The largest absolute Gasteiger partial charge is 0.300 e. The van der Waals surface area contributed by atoms with E-state index < -0.39 is 10.8 Å². The molecule has 0 aliphatic carbocycles. The van der Waals surface area contributed by atoms with Gasteiger partial charge >= 0.3 is 0 Å². The van der Waals surface area contributed by atoms with Gasteiger partial charge in [0.05, 0.1) is 0 Å². The minimum atomic E-state index is -1.02. The molecular weight excluding hydrogens is 296 g/mol. The van der Waals surface area contributed by atoms with Crippen molar-refractivity contribution in [2.45, 2.75) is 18.6 Å². The van der Waals surface area contributed by atoms with Crippen LogP contribution in [0.25, 0.3) is 10.6 Å². The summed E-state index contributed by atoms with van der Waals surface area (Å²) in [5.74, 6) is -0.207. The van der Waals surface area contributed by atoms with Crippen molar-refractivity contribution in [3.05, 3.63) is 24.5 Å². The van der Waals surface area contributed by atoms with Gasteiger partial charge in [-0.15, -0.1) is 10.2 Å². The van der Waals surface area contributed by atoms with Crippen molar-refractivity contribution in [1.29, 1.82) is 0 Å². The Morgan fingerprint density at radius 2 is 2.30 bits per heavy atom. The summed E-state index contributed by atoms with van der Waals surface area (Å²) >= 11 is 1.28. The van der Waals surface area contributed by atoms with Crippen LogP contribution in [0.1, 0.15) is 13.3 Å². The molecule has 2 heterocycles. The molecular formula is C12H14N4O2S2. The summed E-state index contributed by atoms with van der Waals surface area (Å²) in [4.78, 5) is 15.8. The van der Waals surface area contributed by atoms with E-state index in [0.29, 0.717) is 10.1 Å². The Balaban J connectivity index is 2.00. The van der Waals surface area contributed by atoms with Crippen molar-refractivity contribution in [3.63, 3.8) is 0 Å². The normalized spacial score (nSPS) is 13.7. The van der Waals surface area contributed by atoms with Crippen LogP contribution in [0.4, 0.5) is 5.13 Å². The van der Waals surface area contributed by atoms with Gasteiger partial charge < -0.3 is 5.32 Å². The Labute approximate surface area is 123 Å². The number of hydrogen-bond donors (Lipinski definition) is 1. The van der Waals surface area contributed by atoms with Gasteiger partial charge in [-0.2, -0.15) is 0 Å². The lowest BCUT2D eigenvalue weighted by atomic mass is 10.3. The van der Waals surface area contributed by atoms with Crippen LogP contribution in [-0.4, -0.2) is 36.8 Å². The second kappa shape index (κ2) is 6.67. The Morgan fingerprint density at radius 1 is 1.50 bits per heavy atom. The van der Waals surface area contributed by atoms with Gasteiger partial charge in [-0.05, 0) is 12.1 Å². The second-order valence-corrected chi connectivity index (χ2v) is 7.00. The molecule has 0 aliphatic heterocycles. The Kier molecular flexibility index (Phi) is 4.91. The summed E-state index contributed by atoms with van der Waals surface area (Å²) in [5.41, 5.74) is 0.855. The summed E-state index contributed by atoms with van der Waals surface area (Å²) in [6.45, 7) is 1.77. The molecule has 0 fully saturated rings. The Bertz CT molecular complexity index is 615. The fourth-order valence-corrected chi connectivity index (χ4v) is 2.56. The van der Waals surface area contributed by atoms with Crippen LogP contribution >= 0.6 is 11.3 Å². The van der Waals surface area contributed by atoms with E-state index in [1.807, 2.05) is 12.1 Å². The van der Waals surface area contributed by atoms with E-state index in [9.17, 15) is 9.00 Å². The first-order chi connectivity index (χ1) is 9.56. The predicted octanol–water partition coefficient (Wildman–Crippen LogP) is 1.70. The van der Waals surface area contributed by atoms with E-state index in [1.165, 1.54) is 11.3 Å². The number of anilines is 1. The number of hydrogen-bond acceptors (Lipinski definition) is 6. The third-order valence-electron chi connectivity index (χ3n) is 2.62. The van der Waals surface area contributed by atoms with Crippen LogP contribution in [0.2, 0.25) is 0 Å². The summed E-state index contributed by atoms with van der Waals surface area (Å²) in [6.07, 6.45) is 5.15. The van der Waals surface area contributed by atoms with Crippen LogP contribution in [0.5, 0.6) is 0 Å². The van der Waals surface area contributed by atoms with Crippen LogP contribution in [-0.2, 0) is 15.6 Å². The van der Waals surface area contributed by atoms with Gasteiger partial charge in [0.25, 0.3) is 0 Å². The number of amides is 1. The third kappa shape index (κ3) is 3.91. The second-order valence-electron chi connectivity index (χ2n) is 4.22. The van der Waals surface area contributed by atoms with Crippen LogP contribution in [0.3, 0.4) is 0 Å². The number of pyridine rings is 1. The highest BCUT2D eigenvalue weighted by Crippen LogP contribution is 2.25. The number of carbonyl (C=O) groups excluding carboxylic acids is 1. The van der Waals surface area contributed by atoms with Gasteiger partial charge in [-0.1, -0.05) is 18.3 Å². The van der Waals surface area contributed by atoms with Crippen molar-refractivity contribution in [1.82, 2.24) is 15.2 Å². The van der Waals surface area contributed by atoms with E-state index in [1.54, 1.807) is 25.6 Å². The first-order valence-corrected chi connectivity index (χ1v) is 8.36. The molecule has 0 saturated carbocycles. The molecule has 2 aromatic rings. The molecule has 0 saturated heterocycles. The van der Waals surface area contributed by atoms with Gasteiger partial charge in [-0.25, -0.2) is 0 Å². The average Bonchev–Trinajstić information content (AvgIpc) is 2.88. The predicted molar refractivity (Wildman–Crippen MR) is 79.9 cm³/mol. The van der Waals surface area contributed by atoms with E-state index in [0.717, 1.165) is 5.56 Å². The van der Waals surface area contributed by atoms with Gasteiger partial charge in [0, 0.05) is 46.7 Å². The van der Waals surface area contributed by atoms with Crippen molar-refractivity contribution < 1.29 is 9.00 Å². The molecule has 8 heteroatoms. The van der Waals surface area contributed by atoms with Crippen molar-refractivity contribution >= 4 is 33.2 Å². The molecule has 0 aromatic carbocycles. The Hall–Kier alpha value is -1.67. The zero-order valence-electron chi connectivity index (χ0n) is 11.1. The summed E-state index contributed by atoms with van der Waals surface area (Å²) in [5, 5.41) is 11.5. The van der Waals surface area contributed by atoms with E-state index in [4.69, 9.17) is 0 Å². The molecule has 0 radical (unpaired) electrons. The number of aromatic nitrogens is 3. The highest BCUT2D eigenvalue weighted by atomic mass is 32.2. The molecule has 2 aromatic heterocycles. The van der Waals surface area contributed by atoms with Gasteiger partial charge in [-0.3, -0.25) is 14.0 Å². The number of nitrogens with zero attached hydrogens (tertiary/aromatic N) is 3. The first kappa shape index (κ1) is 14.7. The molecule has 106 valence electrons. The van der Waals surface area contributed by atoms with Crippen molar-refractivity contribution in [2.24, 2.45) is 0 Å². The first-order valence-electron chi connectivity index (χ1n) is 5.92. The molecule has 0 bridgehead atoms. The summed E-state index contributed by atoms with van der Waals surface area (Å²) in [7, 11) is -1.02. The number of rotatable bonds is 5. The highest BCUT2D eigenvalue weighted by Gasteiger charge is 2.14. The van der Waals surface area contributed by atoms with E-state index in [2.05, 4.69) is 20.5 Å².